The molecule has 2 rings (SSSR count). The number of rotatable bonds is 4. The van der Waals surface area contributed by atoms with E-state index in [4.69, 9.17) is 4.74 Å². The maximum atomic E-state index is 11.8. The van der Waals surface area contributed by atoms with Crippen molar-refractivity contribution in [2.75, 3.05) is 19.6 Å². The molecule has 4 heteroatoms. The fraction of sp³-hybridized carbons (Fsp3) is 0.588. The number of hydrogen-bond donors (Lipinski definition) is 1. The monoisotopic (exact) mass is 290 g/mol. The van der Waals surface area contributed by atoms with Gasteiger partial charge in [0.25, 0.3) is 0 Å². The summed E-state index contributed by atoms with van der Waals surface area (Å²) in [6.45, 7) is 10.2. The maximum Gasteiger partial charge on any atom is 0.410 e. The SMILES string of the molecule is Cc1ccccc1CCNC1CN(C(=O)OC(C)(C)C)C1. The molecule has 1 amide bonds. The van der Waals surface area contributed by atoms with Crippen LogP contribution in [0, 0.1) is 6.92 Å². The van der Waals surface area contributed by atoms with Gasteiger partial charge in [-0.3, -0.25) is 0 Å². The van der Waals surface area contributed by atoms with Gasteiger partial charge in [-0.1, -0.05) is 24.3 Å². The highest BCUT2D eigenvalue weighted by Gasteiger charge is 2.33. The number of likely N-dealkylation sites (tertiary alicyclic amines) is 1. The average molecular weight is 290 g/mol. The van der Waals surface area contributed by atoms with Crippen LogP contribution in [0.5, 0.6) is 0 Å². The minimum Gasteiger partial charge on any atom is -0.444 e. The van der Waals surface area contributed by atoms with E-state index in [1.165, 1.54) is 11.1 Å². The number of aryl methyl sites for hydroxylation is 1. The normalized spacial score (nSPS) is 15.7. The number of hydrogen-bond acceptors (Lipinski definition) is 3. The quantitative estimate of drug-likeness (QED) is 0.927. The van der Waals surface area contributed by atoms with Gasteiger partial charge >= 0.3 is 6.09 Å². The zero-order valence-electron chi connectivity index (χ0n) is 13.5. The molecule has 21 heavy (non-hydrogen) atoms. The van der Waals surface area contributed by atoms with Gasteiger partial charge in [0.2, 0.25) is 0 Å². The molecule has 4 nitrogen and oxygen atoms in total. The van der Waals surface area contributed by atoms with Crippen LogP contribution in [-0.2, 0) is 11.2 Å². The van der Waals surface area contributed by atoms with Crippen molar-refractivity contribution in [2.24, 2.45) is 0 Å². The van der Waals surface area contributed by atoms with Crippen LogP contribution in [-0.4, -0.2) is 42.3 Å². The van der Waals surface area contributed by atoms with Gasteiger partial charge in [-0.25, -0.2) is 4.79 Å². The molecule has 1 aliphatic heterocycles. The van der Waals surface area contributed by atoms with Gasteiger partial charge in [-0.05, 0) is 51.8 Å². The highest BCUT2D eigenvalue weighted by atomic mass is 16.6. The predicted octanol–water partition coefficient (Wildman–Crippen LogP) is 2.75. The maximum absolute atomic E-state index is 11.8. The summed E-state index contributed by atoms with van der Waals surface area (Å²) in [7, 11) is 0. The van der Waals surface area contributed by atoms with Crippen LogP contribution >= 0.6 is 0 Å². The fourth-order valence-corrected chi connectivity index (χ4v) is 2.38. The Morgan fingerprint density at radius 1 is 1.33 bits per heavy atom. The molecule has 0 radical (unpaired) electrons. The summed E-state index contributed by atoms with van der Waals surface area (Å²) in [5.74, 6) is 0. The van der Waals surface area contributed by atoms with Crippen molar-refractivity contribution in [2.45, 2.75) is 45.8 Å². The molecule has 0 bridgehead atoms. The van der Waals surface area contributed by atoms with E-state index < -0.39 is 5.60 Å². The zero-order valence-corrected chi connectivity index (χ0v) is 13.5. The van der Waals surface area contributed by atoms with Crippen LogP contribution in [0.2, 0.25) is 0 Å². The smallest absolute Gasteiger partial charge is 0.410 e. The van der Waals surface area contributed by atoms with Gasteiger partial charge in [0.1, 0.15) is 5.60 Å². The van der Waals surface area contributed by atoms with Crippen molar-refractivity contribution >= 4 is 6.09 Å². The first-order valence-corrected chi connectivity index (χ1v) is 7.61. The van der Waals surface area contributed by atoms with Crippen LogP contribution in [0.15, 0.2) is 24.3 Å². The molecular formula is C17H26N2O2. The molecule has 1 N–H and O–H groups in total. The van der Waals surface area contributed by atoms with Crippen molar-refractivity contribution < 1.29 is 9.53 Å². The van der Waals surface area contributed by atoms with E-state index in [1.807, 2.05) is 20.8 Å². The van der Waals surface area contributed by atoms with Crippen molar-refractivity contribution in [3.05, 3.63) is 35.4 Å². The molecule has 0 aliphatic carbocycles. The van der Waals surface area contributed by atoms with E-state index in [1.54, 1.807) is 4.90 Å². The fourth-order valence-electron chi connectivity index (χ4n) is 2.38. The van der Waals surface area contributed by atoms with E-state index in [-0.39, 0.29) is 6.09 Å². The summed E-state index contributed by atoms with van der Waals surface area (Å²) in [5, 5.41) is 3.49. The number of carbonyl (C=O) groups is 1. The number of nitrogens with zero attached hydrogens (tertiary/aromatic N) is 1. The number of benzene rings is 1. The Balaban J connectivity index is 1.65. The molecule has 1 fully saturated rings. The van der Waals surface area contributed by atoms with E-state index in [0.29, 0.717) is 6.04 Å². The third-order valence-electron chi connectivity index (χ3n) is 3.62. The molecule has 1 aromatic carbocycles. The van der Waals surface area contributed by atoms with Crippen LogP contribution in [0.3, 0.4) is 0 Å². The number of ether oxygens (including phenoxy) is 1. The zero-order chi connectivity index (χ0) is 15.5. The van der Waals surface area contributed by atoms with Gasteiger partial charge in [0, 0.05) is 19.1 Å². The van der Waals surface area contributed by atoms with E-state index >= 15 is 0 Å². The lowest BCUT2D eigenvalue weighted by Crippen LogP contribution is -2.60. The molecule has 116 valence electrons. The first-order chi connectivity index (χ1) is 9.85. The summed E-state index contributed by atoms with van der Waals surface area (Å²) in [5.41, 5.74) is 2.30. The molecule has 0 saturated carbocycles. The Morgan fingerprint density at radius 2 is 2.00 bits per heavy atom. The van der Waals surface area contributed by atoms with Gasteiger partial charge in [-0.15, -0.1) is 0 Å². The first kappa shape index (κ1) is 15.8. The molecule has 1 saturated heterocycles. The van der Waals surface area contributed by atoms with Crippen molar-refractivity contribution in [3.8, 4) is 0 Å². The van der Waals surface area contributed by atoms with Crippen LogP contribution in [0.1, 0.15) is 31.9 Å². The van der Waals surface area contributed by atoms with Gasteiger partial charge in [-0.2, -0.15) is 0 Å². The summed E-state index contributed by atoms with van der Waals surface area (Å²) in [4.78, 5) is 13.5. The first-order valence-electron chi connectivity index (χ1n) is 7.61. The summed E-state index contributed by atoms with van der Waals surface area (Å²) < 4.78 is 5.34. The summed E-state index contributed by atoms with van der Waals surface area (Å²) in [6.07, 6.45) is 0.815. The Bertz CT molecular complexity index is 488. The molecule has 0 aromatic heterocycles. The standard InChI is InChI=1S/C17H26N2O2/c1-13-7-5-6-8-14(13)9-10-18-15-11-19(12-15)16(20)21-17(2,3)4/h5-8,15,18H,9-12H2,1-4H3. The molecule has 1 aliphatic rings. The Morgan fingerprint density at radius 3 is 2.62 bits per heavy atom. The van der Waals surface area contributed by atoms with E-state index in [0.717, 1.165) is 26.1 Å². The second kappa shape index (κ2) is 6.48. The lowest BCUT2D eigenvalue weighted by molar-refractivity contribution is 0.00542. The number of amides is 1. The number of nitrogens with one attached hydrogen (secondary N) is 1. The van der Waals surface area contributed by atoms with Crippen molar-refractivity contribution in [3.63, 3.8) is 0 Å². The van der Waals surface area contributed by atoms with Crippen molar-refractivity contribution in [1.29, 1.82) is 0 Å². The van der Waals surface area contributed by atoms with Crippen LogP contribution in [0.4, 0.5) is 4.79 Å². The Hall–Kier alpha value is -1.55. The van der Waals surface area contributed by atoms with E-state index in [9.17, 15) is 4.79 Å². The lowest BCUT2D eigenvalue weighted by atomic mass is 10.1. The summed E-state index contributed by atoms with van der Waals surface area (Å²) in [6, 6.07) is 8.85. The molecule has 0 atom stereocenters. The second-order valence-electron chi connectivity index (χ2n) is 6.71. The largest absolute Gasteiger partial charge is 0.444 e. The van der Waals surface area contributed by atoms with Crippen LogP contribution in [0.25, 0.3) is 0 Å². The molecule has 0 spiro atoms. The average Bonchev–Trinajstić information content (AvgIpc) is 2.31. The molecule has 1 aromatic rings. The third kappa shape index (κ3) is 4.74. The lowest BCUT2D eigenvalue weighted by Gasteiger charge is -2.40. The Kier molecular flexibility index (Phi) is 4.88. The summed E-state index contributed by atoms with van der Waals surface area (Å²) >= 11 is 0. The van der Waals surface area contributed by atoms with Gasteiger partial charge < -0.3 is 15.0 Å². The molecule has 0 unspecified atom stereocenters. The van der Waals surface area contributed by atoms with Gasteiger partial charge in [0.05, 0.1) is 0 Å². The van der Waals surface area contributed by atoms with Crippen LogP contribution < -0.4 is 5.32 Å². The molecular weight excluding hydrogens is 264 g/mol. The molecule has 1 heterocycles. The van der Waals surface area contributed by atoms with Crippen molar-refractivity contribution in [1.82, 2.24) is 10.2 Å². The minimum absolute atomic E-state index is 0.209. The Labute approximate surface area is 127 Å². The third-order valence-corrected chi connectivity index (χ3v) is 3.62. The van der Waals surface area contributed by atoms with E-state index in [2.05, 4.69) is 36.5 Å². The highest BCUT2D eigenvalue weighted by Crippen LogP contribution is 2.15. The highest BCUT2D eigenvalue weighted by molar-refractivity contribution is 5.69. The van der Waals surface area contributed by atoms with Gasteiger partial charge in [0.15, 0.2) is 0 Å². The minimum atomic E-state index is -0.416. The second-order valence-corrected chi connectivity index (χ2v) is 6.71. The number of carbonyl (C=O) groups excluding carboxylic acids is 1. The predicted molar refractivity (Wildman–Crippen MR) is 84.5 cm³/mol. The topological polar surface area (TPSA) is 41.6 Å².